The second-order valence-corrected chi connectivity index (χ2v) is 7.52. The lowest BCUT2D eigenvalue weighted by atomic mass is 9.88. The smallest absolute Gasteiger partial charge is 0.200 e. The first-order valence-electron chi connectivity index (χ1n) is 9.01. The Morgan fingerprint density at radius 1 is 1.24 bits per heavy atom. The van der Waals surface area contributed by atoms with E-state index in [0.29, 0.717) is 28.3 Å². The van der Waals surface area contributed by atoms with Gasteiger partial charge in [-0.25, -0.2) is 0 Å². The fraction of sp³-hybridized carbons (Fsp3) is 0.286. The van der Waals surface area contributed by atoms with E-state index in [1.807, 2.05) is 11.9 Å². The number of benzene rings is 2. The monoisotopic (exact) mass is 437 g/mol. The van der Waals surface area contributed by atoms with E-state index in [9.17, 15) is 20.1 Å². The van der Waals surface area contributed by atoms with Gasteiger partial charge in [-0.2, -0.15) is 0 Å². The Labute approximate surface area is 178 Å². The molecule has 1 aliphatic heterocycles. The Morgan fingerprint density at radius 3 is 2.66 bits per heavy atom. The predicted octanol–water partition coefficient (Wildman–Crippen LogP) is 3.73. The van der Waals surface area contributed by atoms with Crippen LogP contribution in [0, 0.1) is 0 Å². The molecule has 0 spiro atoms. The molecule has 0 radical (unpaired) electrons. The molecule has 2 aromatic carbocycles. The van der Waals surface area contributed by atoms with Gasteiger partial charge in [0, 0.05) is 35.2 Å². The van der Waals surface area contributed by atoms with Gasteiger partial charge in [-0.3, -0.25) is 4.79 Å². The maximum absolute atomic E-state index is 13.5. The first kappa shape index (κ1) is 21.5. The summed E-state index contributed by atoms with van der Waals surface area (Å²) in [6.45, 7) is 0.610. The van der Waals surface area contributed by atoms with Gasteiger partial charge in [-0.1, -0.05) is 23.7 Å². The number of phenolic OH excluding ortho intramolecular Hbond substituents is 2. The molecule has 1 aromatic heterocycles. The number of hydrogen-bond acceptors (Lipinski definition) is 6. The van der Waals surface area contributed by atoms with Crippen LogP contribution in [0.4, 0.5) is 0 Å². The van der Waals surface area contributed by atoms with Gasteiger partial charge in [0.15, 0.2) is 0 Å². The van der Waals surface area contributed by atoms with Gasteiger partial charge in [0.2, 0.25) is 5.43 Å². The summed E-state index contributed by atoms with van der Waals surface area (Å²) in [4.78, 5) is 15.5. The maximum Gasteiger partial charge on any atom is 0.200 e. The summed E-state index contributed by atoms with van der Waals surface area (Å²) in [6, 6.07) is 9.19. The van der Waals surface area contributed by atoms with Crippen LogP contribution in [0.5, 0.6) is 11.5 Å². The van der Waals surface area contributed by atoms with Crippen LogP contribution in [-0.2, 0) is 0 Å². The lowest BCUT2D eigenvalue weighted by molar-refractivity contribution is 0.172. The molecule has 1 fully saturated rings. The van der Waals surface area contributed by atoms with Crippen LogP contribution >= 0.6 is 24.0 Å². The van der Waals surface area contributed by atoms with E-state index in [0.717, 1.165) is 12.6 Å². The zero-order valence-electron chi connectivity index (χ0n) is 15.6. The van der Waals surface area contributed by atoms with Gasteiger partial charge >= 0.3 is 0 Å². The molecule has 3 N–H and O–H groups in total. The third-order valence-corrected chi connectivity index (χ3v) is 5.82. The molecule has 0 unspecified atom stereocenters. The van der Waals surface area contributed by atoms with Gasteiger partial charge in [0.1, 0.15) is 28.2 Å². The summed E-state index contributed by atoms with van der Waals surface area (Å²) >= 11 is 6.38. The van der Waals surface area contributed by atoms with E-state index >= 15 is 0 Å². The Morgan fingerprint density at radius 2 is 1.97 bits per heavy atom. The number of phenols is 2. The molecule has 6 nitrogen and oxygen atoms in total. The molecule has 0 amide bonds. The van der Waals surface area contributed by atoms with Crippen LogP contribution in [0.15, 0.2) is 45.6 Å². The molecule has 3 aromatic rings. The third-order valence-electron chi connectivity index (χ3n) is 5.49. The molecule has 8 heteroatoms. The van der Waals surface area contributed by atoms with Crippen molar-refractivity contribution in [1.82, 2.24) is 4.90 Å². The lowest BCUT2D eigenvalue weighted by Crippen LogP contribution is -2.33. The normalized spacial score (nSPS) is 19.4. The minimum atomic E-state index is -0.382. The van der Waals surface area contributed by atoms with Gasteiger partial charge in [-0.05, 0) is 32.1 Å². The number of likely N-dealkylation sites (N-methyl/N-ethyl adjacent to an activating group) is 1. The molecule has 1 saturated heterocycles. The number of aliphatic hydroxyl groups excluding tert-OH is 1. The second-order valence-electron chi connectivity index (χ2n) is 7.12. The highest BCUT2D eigenvalue weighted by molar-refractivity contribution is 6.33. The molecular weight excluding hydrogens is 417 g/mol. The van der Waals surface area contributed by atoms with Gasteiger partial charge < -0.3 is 24.6 Å². The van der Waals surface area contributed by atoms with E-state index in [-0.39, 0.29) is 58.9 Å². The van der Waals surface area contributed by atoms with Crippen LogP contribution in [0.25, 0.3) is 22.3 Å². The number of aromatic hydroxyl groups is 2. The molecule has 0 aliphatic carbocycles. The third kappa shape index (κ3) is 3.57. The molecule has 154 valence electrons. The molecule has 2 heterocycles. The Hall–Kier alpha value is -2.25. The zero-order valence-corrected chi connectivity index (χ0v) is 17.2. The van der Waals surface area contributed by atoms with Gasteiger partial charge in [0.05, 0.1) is 11.6 Å². The zero-order chi connectivity index (χ0) is 20.0. The molecule has 2 atom stereocenters. The van der Waals surface area contributed by atoms with E-state index in [1.165, 1.54) is 6.07 Å². The van der Waals surface area contributed by atoms with E-state index in [2.05, 4.69) is 0 Å². The average Bonchev–Trinajstić information content (AvgIpc) is 3.01. The highest BCUT2D eigenvalue weighted by Gasteiger charge is 2.37. The summed E-state index contributed by atoms with van der Waals surface area (Å²) in [5.41, 5.74) is 0.623. The average molecular weight is 438 g/mol. The summed E-state index contributed by atoms with van der Waals surface area (Å²) in [5, 5.41) is 30.4. The Kier molecular flexibility index (Phi) is 6.10. The van der Waals surface area contributed by atoms with E-state index in [4.69, 9.17) is 16.0 Å². The van der Waals surface area contributed by atoms with Crippen molar-refractivity contribution in [1.29, 1.82) is 0 Å². The van der Waals surface area contributed by atoms with Crippen molar-refractivity contribution in [3.63, 3.8) is 0 Å². The molecule has 4 rings (SSSR count). The van der Waals surface area contributed by atoms with Gasteiger partial charge in [0.25, 0.3) is 0 Å². The summed E-state index contributed by atoms with van der Waals surface area (Å²) in [7, 11) is 1.90. The minimum Gasteiger partial charge on any atom is -0.508 e. The summed E-state index contributed by atoms with van der Waals surface area (Å²) in [5.74, 6) is -0.538. The quantitative estimate of drug-likeness (QED) is 0.577. The SMILES string of the molecule is CN1CC[C@@H](c2c(-c3ccccc3Cl)oc3cc(O)cc(O)c3c2=O)[C@@H]1CO.Cl. The fourth-order valence-electron chi connectivity index (χ4n) is 4.09. The lowest BCUT2D eigenvalue weighted by Gasteiger charge is -2.24. The van der Waals surface area contributed by atoms with Crippen LogP contribution in [0.2, 0.25) is 5.02 Å². The highest BCUT2D eigenvalue weighted by Crippen LogP contribution is 2.41. The highest BCUT2D eigenvalue weighted by atomic mass is 35.5. The molecular formula is C21H21Cl2NO5. The standard InChI is InChI=1S/C21H20ClNO5.ClH/c1-23-7-6-13(15(23)10-24)18-20(27)19-16(26)8-11(25)9-17(19)28-21(18)12-4-2-3-5-14(12)22;/h2-5,8-9,13,15,24-26H,6-7,10H2,1H3;1H/t13-,15+;/m1./s1. The van der Waals surface area contributed by atoms with Crippen LogP contribution in [0.1, 0.15) is 17.9 Å². The number of aliphatic hydroxyl groups is 1. The molecule has 1 aliphatic rings. The van der Waals surface area contributed by atoms with E-state index in [1.54, 1.807) is 24.3 Å². The molecule has 29 heavy (non-hydrogen) atoms. The fourth-order valence-corrected chi connectivity index (χ4v) is 4.31. The number of hydrogen-bond donors (Lipinski definition) is 3. The maximum atomic E-state index is 13.5. The predicted molar refractivity (Wildman–Crippen MR) is 114 cm³/mol. The van der Waals surface area contributed by atoms with Crippen molar-refractivity contribution in [2.45, 2.75) is 18.4 Å². The van der Waals surface area contributed by atoms with E-state index < -0.39 is 0 Å². The summed E-state index contributed by atoms with van der Waals surface area (Å²) in [6.07, 6.45) is 0.661. The topological polar surface area (TPSA) is 94.1 Å². The van der Waals surface area contributed by atoms with Crippen LogP contribution in [-0.4, -0.2) is 46.5 Å². The number of nitrogens with zero attached hydrogens (tertiary/aromatic N) is 1. The van der Waals surface area contributed by atoms with Crippen molar-refractivity contribution in [3.8, 4) is 22.8 Å². The first-order valence-corrected chi connectivity index (χ1v) is 9.38. The number of rotatable bonds is 3. The second kappa shape index (κ2) is 8.24. The Balaban J connectivity index is 0.00000240. The van der Waals surface area contributed by atoms with Crippen molar-refractivity contribution in [3.05, 3.63) is 57.2 Å². The van der Waals surface area contributed by atoms with Gasteiger partial charge in [-0.15, -0.1) is 12.4 Å². The van der Waals surface area contributed by atoms with Crippen molar-refractivity contribution in [2.24, 2.45) is 0 Å². The van der Waals surface area contributed by atoms with Crippen molar-refractivity contribution >= 4 is 35.0 Å². The number of halogens is 2. The number of fused-ring (bicyclic) bond motifs is 1. The summed E-state index contributed by atoms with van der Waals surface area (Å²) < 4.78 is 6.04. The minimum absolute atomic E-state index is 0. The number of likely N-dealkylation sites (tertiary alicyclic amines) is 1. The first-order chi connectivity index (χ1) is 13.4. The van der Waals surface area contributed by atoms with Crippen molar-refractivity contribution < 1.29 is 19.7 Å². The molecule has 0 saturated carbocycles. The van der Waals surface area contributed by atoms with Crippen LogP contribution < -0.4 is 5.43 Å². The largest absolute Gasteiger partial charge is 0.508 e. The van der Waals surface area contributed by atoms with Crippen LogP contribution in [0.3, 0.4) is 0 Å². The van der Waals surface area contributed by atoms with Crippen molar-refractivity contribution in [2.75, 3.05) is 20.2 Å². The Bertz CT molecular complexity index is 1110. The molecule has 0 bridgehead atoms.